The van der Waals surface area contributed by atoms with Crippen molar-refractivity contribution in [1.29, 1.82) is 0 Å². The number of ether oxygens (including phenoxy) is 1. The van der Waals surface area contributed by atoms with Gasteiger partial charge in [-0.05, 0) is 43.9 Å². The topological polar surface area (TPSA) is 58.9 Å². The molecule has 6 nitrogen and oxygen atoms in total. The summed E-state index contributed by atoms with van der Waals surface area (Å²) < 4.78 is 7.08. The highest BCUT2D eigenvalue weighted by atomic mass is 16.5. The molecule has 1 aromatic carbocycles. The van der Waals surface area contributed by atoms with Crippen LogP contribution in [0.5, 0.6) is 5.75 Å². The van der Waals surface area contributed by atoms with Gasteiger partial charge in [-0.15, -0.1) is 0 Å². The number of aromatic nitrogens is 2. The molecule has 1 saturated heterocycles. The Bertz CT molecular complexity index is 1040. The van der Waals surface area contributed by atoms with Crippen LogP contribution >= 0.6 is 0 Å². The Hall–Kier alpha value is -3.02. The van der Waals surface area contributed by atoms with Crippen LogP contribution in [0, 0.1) is 6.92 Å². The molecule has 0 aliphatic carbocycles. The molecule has 1 aliphatic rings. The smallest absolute Gasteiger partial charge is 0.260 e. The summed E-state index contributed by atoms with van der Waals surface area (Å²) in [7, 11) is 1.67. The summed E-state index contributed by atoms with van der Waals surface area (Å²) in [6.07, 6.45) is 5.38. The Morgan fingerprint density at radius 3 is 2.71 bits per heavy atom. The van der Waals surface area contributed by atoms with Crippen LogP contribution in [0.3, 0.4) is 0 Å². The lowest BCUT2D eigenvalue weighted by Gasteiger charge is -2.27. The monoisotopic (exact) mass is 378 g/mol. The quantitative estimate of drug-likeness (QED) is 0.735. The Kier molecular flexibility index (Phi) is 5.19. The lowest BCUT2D eigenvalue weighted by atomic mass is 10.1. The number of hydrogen-bond donors (Lipinski definition) is 1. The van der Waals surface area contributed by atoms with Gasteiger partial charge in [-0.25, -0.2) is 4.98 Å². The molecule has 1 fully saturated rings. The third kappa shape index (κ3) is 3.67. The number of hydrogen-bond acceptors (Lipinski definition) is 5. The average Bonchev–Trinajstić information content (AvgIpc) is 2.73. The van der Waals surface area contributed by atoms with Crippen LogP contribution in [0.1, 0.15) is 30.4 Å². The minimum atomic E-state index is -0.0467. The van der Waals surface area contributed by atoms with Crippen molar-refractivity contribution in [2.45, 2.75) is 32.7 Å². The summed E-state index contributed by atoms with van der Waals surface area (Å²) in [5.41, 5.74) is 3.52. The van der Waals surface area contributed by atoms with E-state index in [0.717, 1.165) is 54.3 Å². The van der Waals surface area contributed by atoms with Gasteiger partial charge in [0, 0.05) is 37.5 Å². The number of aryl methyl sites for hydroxylation is 1. The predicted molar refractivity (Wildman–Crippen MR) is 113 cm³/mol. The number of pyridine rings is 1. The van der Waals surface area contributed by atoms with Gasteiger partial charge in [0.25, 0.3) is 5.56 Å². The summed E-state index contributed by atoms with van der Waals surface area (Å²) in [4.78, 5) is 19.8. The molecular formula is C22H26N4O2. The van der Waals surface area contributed by atoms with Gasteiger partial charge in [-0.2, -0.15) is 0 Å². The first-order valence-corrected chi connectivity index (χ1v) is 9.80. The minimum Gasteiger partial charge on any atom is -0.496 e. The number of para-hydroxylation sites is 1. The van der Waals surface area contributed by atoms with E-state index in [0.29, 0.717) is 12.2 Å². The maximum absolute atomic E-state index is 12.8. The predicted octanol–water partition coefficient (Wildman–Crippen LogP) is 3.61. The molecule has 0 amide bonds. The molecule has 0 bridgehead atoms. The molecule has 4 rings (SSSR count). The fraction of sp³-hybridized carbons (Fsp3) is 0.364. The Morgan fingerprint density at radius 1 is 1.14 bits per heavy atom. The van der Waals surface area contributed by atoms with Crippen molar-refractivity contribution < 1.29 is 4.74 Å². The van der Waals surface area contributed by atoms with Crippen LogP contribution in [-0.4, -0.2) is 29.6 Å². The van der Waals surface area contributed by atoms with Crippen LogP contribution < -0.4 is 20.5 Å². The van der Waals surface area contributed by atoms with Crippen LogP contribution in [0.15, 0.2) is 47.4 Å². The summed E-state index contributed by atoms with van der Waals surface area (Å²) in [6, 6.07) is 11.6. The van der Waals surface area contributed by atoms with Gasteiger partial charge in [0.2, 0.25) is 0 Å². The standard InChI is InChI=1S/C22H26N4O2/c1-16-12-18(23-14-17-8-4-5-9-19(17)28-2)22-24-20(13-21(27)26(22)15-16)25-10-6-3-7-11-25/h4-5,8-9,12-13,15,23H,3,6-7,10-11,14H2,1-2H3. The first-order valence-electron chi connectivity index (χ1n) is 9.80. The van der Waals surface area contributed by atoms with Crippen LogP contribution in [0.25, 0.3) is 5.65 Å². The van der Waals surface area contributed by atoms with Gasteiger partial charge in [0.05, 0.1) is 12.8 Å². The number of nitrogens with one attached hydrogen (secondary N) is 1. The molecule has 3 aromatic rings. The maximum Gasteiger partial charge on any atom is 0.260 e. The number of anilines is 2. The molecular weight excluding hydrogens is 352 g/mol. The SMILES string of the molecule is COc1ccccc1CNc1cc(C)cn2c(=O)cc(N3CCCCC3)nc12. The number of methoxy groups -OCH3 is 1. The van der Waals surface area contributed by atoms with E-state index in [2.05, 4.69) is 10.2 Å². The van der Waals surface area contributed by atoms with E-state index in [1.807, 2.05) is 43.5 Å². The van der Waals surface area contributed by atoms with Gasteiger partial charge in [0.15, 0.2) is 5.65 Å². The largest absolute Gasteiger partial charge is 0.496 e. The highest BCUT2D eigenvalue weighted by Gasteiger charge is 2.16. The lowest BCUT2D eigenvalue weighted by molar-refractivity contribution is 0.410. The molecule has 3 heterocycles. The minimum absolute atomic E-state index is 0.0467. The lowest BCUT2D eigenvalue weighted by Crippen LogP contribution is -2.32. The number of rotatable bonds is 5. The van der Waals surface area contributed by atoms with E-state index in [4.69, 9.17) is 9.72 Å². The van der Waals surface area contributed by atoms with Crippen molar-refractivity contribution in [3.8, 4) is 5.75 Å². The van der Waals surface area contributed by atoms with E-state index in [-0.39, 0.29) is 5.56 Å². The third-order valence-corrected chi connectivity index (χ3v) is 5.23. The second kappa shape index (κ2) is 7.92. The number of nitrogens with zero attached hydrogens (tertiary/aromatic N) is 3. The second-order valence-electron chi connectivity index (χ2n) is 7.29. The molecule has 0 atom stereocenters. The van der Waals surface area contributed by atoms with Crippen molar-refractivity contribution in [2.75, 3.05) is 30.4 Å². The zero-order valence-electron chi connectivity index (χ0n) is 16.4. The maximum atomic E-state index is 12.8. The van der Waals surface area contributed by atoms with Crippen molar-refractivity contribution >= 4 is 17.2 Å². The highest BCUT2D eigenvalue weighted by Crippen LogP contribution is 2.23. The zero-order chi connectivity index (χ0) is 19.5. The van der Waals surface area contributed by atoms with E-state index in [1.165, 1.54) is 6.42 Å². The van der Waals surface area contributed by atoms with Gasteiger partial charge >= 0.3 is 0 Å². The van der Waals surface area contributed by atoms with E-state index < -0.39 is 0 Å². The van der Waals surface area contributed by atoms with E-state index in [1.54, 1.807) is 17.6 Å². The fourth-order valence-corrected chi connectivity index (χ4v) is 3.78. The van der Waals surface area contributed by atoms with Crippen molar-refractivity contribution in [2.24, 2.45) is 0 Å². The van der Waals surface area contributed by atoms with Crippen LogP contribution in [0.2, 0.25) is 0 Å². The van der Waals surface area contributed by atoms with Gasteiger partial charge in [0.1, 0.15) is 11.6 Å². The summed E-state index contributed by atoms with van der Waals surface area (Å²) >= 11 is 0. The number of benzene rings is 1. The molecule has 1 aliphatic heterocycles. The van der Waals surface area contributed by atoms with E-state index in [9.17, 15) is 4.79 Å². The zero-order valence-corrected chi connectivity index (χ0v) is 16.4. The summed E-state index contributed by atoms with van der Waals surface area (Å²) in [5.74, 6) is 1.61. The first kappa shape index (κ1) is 18.3. The molecule has 146 valence electrons. The third-order valence-electron chi connectivity index (χ3n) is 5.23. The van der Waals surface area contributed by atoms with Crippen molar-refractivity contribution in [1.82, 2.24) is 9.38 Å². The summed E-state index contributed by atoms with van der Waals surface area (Å²) in [6.45, 7) is 4.49. The Morgan fingerprint density at radius 2 is 1.93 bits per heavy atom. The Labute approximate surface area is 164 Å². The fourth-order valence-electron chi connectivity index (χ4n) is 3.78. The van der Waals surface area contributed by atoms with Crippen LogP contribution in [-0.2, 0) is 6.54 Å². The highest BCUT2D eigenvalue weighted by molar-refractivity contribution is 5.70. The van der Waals surface area contributed by atoms with Gasteiger partial charge in [-0.3, -0.25) is 9.20 Å². The van der Waals surface area contributed by atoms with Crippen molar-refractivity contribution in [3.63, 3.8) is 0 Å². The molecule has 0 saturated carbocycles. The number of piperidine rings is 1. The van der Waals surface area contributed by atoms with Crippen LogP contribution in [0.4, 0.5) is 11.5 Å². The van der Waals surface area contributed by atoms with E-state index >= 15 is 0 Å². The molecule has 2 aromatic heterocycles. The van der Waals surface area contributed by atoms with Crippen molar-refractivity contribution in [3.05, 3.63) is 64.1 Å². The molecule has 28 heavy (non-hydrogen) atoms. The Balaban J connectivity index is 1.72. The van der Waals surface area contributed by atoms with Gasteiger partial charge in [-0.1, -0.05) is 18.2 Å². The normalized spacial score (nSPS) is 14.3. The molecule has 1 N–H and O–H groups in total. The first-order chi connectivity index (χ1) is 13.7. The molecule has 0 unspecified atom stereocenters. The molecule has 0 radical (unpaired) electrons. The number of fused-ring (bicyclic) bond motifs is 1. The van der Waals surface area contributed by atoms with Gasteiger partial charge < -0.3 is 15.0 Å². The molecule has 6 heteroatoms. The second-order valence-corrected chi connectivity index (χ2v) is 7.29. The summed E-state index contributed by atoms with van der Waals surface area (Å²) in [5, 5.41) is 3.46. The average molecular weight is 378 g/mol. The molecule has 0 spiro atoms.